The van der Waals surface area contributed by atoms with Crippen molar-refractivity contribution in [1.82, 2.24) is 0 Å². The van der Waals surface area contributed by atoms with Crippen LogP contribution in [-0.4, -0.2) is 0 Å². The van der Waals surface area contributed by atoms with E-state index in [1.165, 1.54) is 76.8 Å². The quantitative estimate of drug-likeness (QED) is 0.0559. The molecule has 0 aliphatic carbocycles. The first kappa shape index (κ1) is 59.2. The molecule has 0 radical (unpaired) electrons. The van der Waals surface area contributed by atoms with Crippen LogP contribution in [0.3, 0.4) is 0 Å². The molecule has 0 saturated carbocycles. The minimum atomic E-state index is 1.06. The van der Waals surface area contributed by atoms with Crippen molar-refractivity contribution in [1.29, 1.82) is 0 Å². The van der Waals surface area contributed by atoms with Gasteiger partial charge in [0.25, 0.3) is 0 Å². The van der Waals surface area contributed by atoms with Crippen molar-refractivity contribution in [2.75, 3.05) is 19.6 Å². The highest BCUT2D eigenvalue weighted by atomic mass is 15.2. The van der Waals surface area contributed by atoms with Crippen LogP contribution >= 0.6 is 0 Å². The van der Waals surface area contributed by atoms with Crippen LogP contribution in [-0.2, 0) is 25.7 Å². The summed E-state index contributed by atoms with van der Waals surface area (Å²) in [5.41, 5.74) is 23.7. The van der Waals surface area contributed by atoms with Crippen molar-refractivity contribution >= 4 is 101 Å². The predicted octanol–water partition coefficient (Wildman–Crippen LogP) is 25.1. The van der Waals surface area contributed by atoms with Crippen molar-refractivity contribution < 1.29 is 0 Å². The first-order valence-electron chi connectivity index (χ1n) is 32.7. The Kier molecular flexibility index (Phi) is 18.1. The summed E-state index contributed by atoms with van der Waals surface area (Å²) in [6, 6.07) is 89.0. The largest absolute Gasteiger partial charge is 0.310 e. The van der Waals surface area contributed by atoms with Gasteiger partial charge in [0.1, 0.15) is 0 Å². The predicted molar refractivity (Wildman–Crippen MR) is 382 cm³/mol. The molecule has 0 bridgehead atoms. The van der Waals surface area contributed by atoms with E-state index in [2.05, 4.69) is 306 Å². The summed E-state index contributed by atoms with van der Waals surface area (Å²) in [4.78, 5) is 10.1. The molecular formula is C84H86N4. The fourth-order valence-electron chi connectivity index (χ4n) is 12.9. The highest BCUT2D eigenvalue weighted by molar-refractivity contribution is 6.33. The monoisotopic (exact) mass is 1150 g/mol. The fourth-order valence-corrected chi connectivity index (χ4v) is 12.9. The number of anilines is 12. The Morgan fingerprint density at radius 3 is 0.557 bits per heavy atom. The molecule has 0 amide bonds. The molecule has 12 aromatic rings. The highest BCUT2D eigenvalue weighted by Gasteiger charge is 2.29. The summed E-state index contributed by atoms with van der Waals surface area (Å²) < 4.78 is 0. The maximum absolute atomic E-state index is 2.55. The molecule has 0 fully saturated rings. The number of rotatable bonds is 24. The Labute approximate surface area is 524 Å². The summed E-state index contributed by atoms with van der Waals surface area (Å²) in [7, 11) is 0. The second kappa shape index (κ2) is 26.9. The number of aryl methyl sites for hydroxylation is 8. The first-order valence-corrected chi connectivity index (χ1v) is 32.7. The summed E-state index contributed by atoms with van der Waals surface area (Å²) in [5.74, 6) is 0. The molecule has 0 heterocycles. The summed E-state index contributed by atoms with van der Waals surface area (Å²) >= 11 is 0. The zero-order chi connectivity index (χ0) is 60.7. The molecule has 12 rings (SSSR count). The van der Waals surface area contributed by atoms with E-state index in [0.717, 1.165) is 145 Å². The Morgan fingerprint density at radius 1 is 0.216 bits per heavy atom. The molecule has 12 aromatic carbocycles. The standard InChI is InChI=1S/C84H86N4/c1-9-13-17-63-29-45-71(46-30-63)87(72-47-31-64(32-48-72)18-14-10-2)81-57-79(85(67-37-21-59(5)22-38-67)68-39-23-60(6)24-40-68)75-54-56-78-82(88(73-49-33-65(34-50-73)19-15-11-3)74-51-35-66(36-52-74)20-16-12-4)58-80(76-53-55-77(81)83(75)84(76)78)86(69-41-25-61(7)26-42-69)70-43-27-62(8)28-44-70/h21-58H,9-20H2,1-8H3. The smallest absolute Gasteiger partial charge is 0.0561 e. The Bertz CT molecular complexity index is 3770. The third kappa shape index (κ3) is 12.4. The van der Waals surface area contributed by atoms with Crippen molar-refractivity contribution in [3.05, 3.63) is 275 Å². The zero-order valence-corrected chi connectivity index (χ0v) is 53.2. The van der Waals surface area contributed by atoms with Gasteiger partial charge in [-0.2, -0.15) is 0 Å². The zero-order valence-electron chi connectivity index (χ0n) is 53.2. The van der Waals surface area contributed by atoms with E-state index < -0.39 is 0 Å². The van der Waals surface area contributed by atoms with Gasteiger partial charge >= 0.3 is 0 Å². The molecule has 0 aliphatic rings. The molecule has 88 heavy (non-hydrogen) atoms. The SMILES string of the molecule is CCCCc1ccc(N(c2ccc(CCCC)cc2)c2cc(N(c3ccc(C)cc3)c3ccc(C)cc3)c3ccc4c(N(c5ccc(CCCC)cc5)c5ccc(CCCC)cc5)cc(N(c5ccc(C)cc5)c5ccc(C)cc5)c5ccc2c3c54)cc1. The number of unbranched alkanes of at least 4 members (excludes halogenated alkanes) is 4. The average Bonchev–Trinajstić information content (AvgIpc) is 0.737. The van der Waals surface area contributed by atoms with Gasteiger partial charge in [-0.3, -0.25) is 0 Å². The van der Waals surface area contributed by atoms with E-state index >= 15 is 0 Å². The Hall–Kier alpha value is -9.12. The highest BCUT2D eigenvalue weighted by Crippen LogP contribution is 2.55. The third-order valence-electron chi connectivity index (χ3n) is 18.0. The van der Waals surface area contributed by atoms with E-state index in [9.17, 15) is 0 Å². The second-order valence-electron chi connectivity index (χ2n) is 24.7. The van der Waals surface area contributed by atoms with Crippen LogP contribution in [0.1, 0.15) is 124 Å². The van der Waals surface area contributed by atoms with Crippen LogP contribution in [0.15, 0.2) is 231 Å². The average molecular weight is 1150 g/mol. The fraction of sp³-hybridized carbons (Fsp3) is 0.238. The normalized spacial score (nSPS) is 11.5. The summed E-state index contributed by atoms with van der Waals surface area (Å²) in [6.45, 7) is 17.9. The maximum Gasteiger partial charge on any atom is 0.0561 e. The van der Waals surface area contributed by atoms with Gasteiger partial charge in [-0.05, 0) is 211 Å². The van der Waals surface area contributed by atoms with Crippen molar-refractivity contribution in [2.45, 2.75) is 132 Å². The summed E-state index contributed by atoms with van der Waals surface area (Å²) in [6.07, 6.45) is 13.5. The van der Waals surface area contributed by atoms with Gasteiger partial charge in [-0.15, -0.1) is 0 Å². The molecule has 442 valence electrons. The van der Waals surface area contributed by atoms with E-state index in [1.807, 2.05) is 0 Å². The van der Waals surface area contributed by atoms with E-state index in [-0.39, 0.29) is 0 Å². The van der Waals surface area contributed by atoms with Gasteiger partial charge in [0.2, 0.25) is 0 Å². The Morgan fingerprint density at radius 2 is 0.386 bits per heavy atom. The lowest BCUT2D eigenvalue weighted by Crippen LogP contribution is -2.16. The van der Waals surface area contributed by atoms with Crippen molar-refractivity contribution in [3.8, 4) is 0 Å². The lowest BCUT2D eigenvalue weighted by atomic mass is 9.89. The molecule has 0 saturated heterocycles. The van der Waals surface area contributed by atoms with Crippen LogP contribution in [0.4, 0.5) is 68.2 Å². The molecular weight excluding hydrogens is 1060 g/mol. The van der Waals surface area contributed by atoms with Crippen molar-refractivity contribution in [2.24, 2.45) is 0 Å². The molecule has 0 atom stereocenters. The summed E-state index contributed by atoms with van der Waals surface area (Å²) in [5, 5.41) is 7.16. The molecule has 0 unspecified atom stereocenters. The van der Waals surface area contributed by atoms with Crippen LogP contribution < -0.4 is 19.6 Å². The van der Waals surface area contributed by atoms with E-state index in [4.69, 9.17) is 0 Å². The molecule has 0 N–H and O–H groups in total. The third-order valence-corrected chi connectivity index (χ3v) is 18.0. The van der Waals surface area contributed by atoms with Gasteiger partial charge in [-0.1, -0.05) is 197 Å². The first-order chi connectivity index (χ1) is 43.1. The second-order valence-corrected chi connectivity index (χ2v) is 24.7. The minimum Gasteiger partial charge on any atom is -0.310 e. The molecule has 0 aromatic heterocycles. The lowest BCUT2D eigenvalue weighted by Gasteiger charge is -2.34. The molecule has 0 aliphatic heterocycles. The number of hydrogen-bond donors (Lipinski definition) is 0. The van der Waals surface area contributed by atoms with Gasteiger partial charge in [-0.25, -0.2) is 0 Å². The van der Waals surface area contributed by atoms with Gasteiger partial charge in [0.05, 0.1) is 22.7 Å². The van der Waals surface area contributed by atoms with Crippen LogP contribution in [0.2, 0.25) is 0 Å². The van der Waals surface area contributed by atoms with Gasteiger partial charge < -0.3 is 19.6 Å². The van der Waals surface area contributed by atoms with Crippen molar-refractivity contribution in [3.63, 3.8) is 0 Å². The van der Waals surface area contributed by atoms with Gasteiger partial charge in [0, 0.05) is 77.8 Å². The molecule has 4 heteroatoms. The minimum absolute atomic E-state index is 1.06. The van der Waals surface area contributed by atoms with Crippen LogP contribution in [0, 0.1) is 27.7 Å². The van der Waals surface area contributed by atoms with Gasteiger partial charge in [0.15, 0.2) is 0 Å². The topological polar surface area (TPSA) is 13.0 Å². The molecule has 0 spiro atoms. The Balaban J connectivity index is 1.25. The lowest BCUT2D eigenvalue weighted by molar-refractivity contribution is 0.795. The van der Waals surface area contributed by atoms with E-state index in [1.54, 1.807) is 0 Å². The maximum atomic E-state index is 2.55. The van der Waals surface area contributed by atoms with E-state index in [0.29, 0.717) is 0 Å². The number of nitrogens with zero attached hydrogens (tertiary/aromatic N) is 4. The van der Waals surface area contributed by atoms with Crippen LogP contribution in [0.5, 0.6) is 0 Å². The van der Waals surface area contributed by atoms with Crippen LogP contribution in [0.25, 0.3) is 32.3 Å². The molecule has 4 nitrogen and oxygen atoms in total. The number of benzene rings is 12. The number of hydrogen-bond acceptors (Lipinski definition) is 4.